The molecule has 0 aromatic heterocycles. The van der Waals surface area contributed by atoms with Crippen molar-refractivity contribution < 1.29 is 14.7 Å². The molecule has 21 heavy (non-hydrogen) atoms. The van der Waals surface area contributed by atoms with Gasteiger partial charge in [-0.2, -0.15) is 0 Å². The van der Waals surface area contributed by atoms with Crippen LogP contribution in [0.15, 0.2) is 22.7 Å². The van der Waals surface area contributed by atoms with E-state index in [0.717, 1.165) is 5.92 Å². The first kappa shape index (κ1) is 14.4. The van der Waals surface area contributed by atoms with Gasteiger partial charge in [0, 0.05) is 16.7 Å². The summed E-state index contributed by atoms with van der Waals surface area (Å²) in [6, 6.07) is 4.34. The molecular weight excluding hydrogens is 336 g/mol. The van der Waals surface area contributed by atoms with E-state index in [9.17, 15) is 9.59 Å². The summed E-state index contributed by atoms with van der Waals surface area (Å²) < 4.78 is 0.620. The summed E-state index contributed by atoms with van der Waals surface area (Å²) in [7, 11) is 0. The number of urea groups is 1. The molecule has 0 radical (unpaired) electrons. The fourth-order valence-electron chi connectivity index (χ4n) is 2.80. The minimum atomic E-state index is -1.02. The number of carbonyl (C=O) groups excluding carboxylic acids is 1. The lowest BCUT2D eigenvalue weighted by Gasteiger charge is -2.15. The lowest BCUT2D eigenvalue weighted by molar-refractivity contribution is 0.0697. The number of carboxylic acid groups (broad SMARTS) is 1. The van der Waals surface area contributed by atoms with E-state index in [2.05, 4.69) is 26.6 Å². The van der Waals surface area contributed by atoms with Gasteiger partial charge in [-0.15, -0.1) is 0 Å². The zero-order valence-electron chi connectivity index (χ0n) is 11.5. The first-order valence-electron chi connectivity index (χ1n) is 7.07. The van der Waals surface area contributed by atoms with Gasteiger partial charge in [-0.05, 0) is 55.2 Å². The number of hydrogen-bond donors (Lipinski definition) is 3. The van der Waals surface area contributed by atoms with E-state index in [1.165, 1.54) is 37.8 Å². The second kappa shape index (κ2) is 5.33. The van der Waals surface area contributed by atoms with Crippen LogP contribution in [0, 0.1) is 11.3 Å². The number of anilines is 1. The Labute approximate surface area is 131 Å². The van der Waals surface area contributed by atoms with Gasteiger partial charge in [0.05, 0.1) is 5.56 Å². The normalized spacial score (nSPS) is 18.9. The standard InChI is InChI=1S/C15H17BrN2O3/c16-11-5-9(13(19)20)6-12(7-11)18-14(21)17-8-15(3-4-15)10-1-2-10/h5-7,10H,1-4,8H2,(H,19,20)(H2,17,18,21). The first-order chi connectivity index (χ1) is 9.98. The largest absolute Gasteiger partial charge is 0.478 e. The molecule has 2 saturated carbocycles. The fraction of sp³-hybridized carbons (Fsp3) is 0.467. The fourth-order valence-corrected chi connectivity index (χ4v) is 3.30. The van der Waals surface area contributed by atoms with Crippen molar-refractivity contribution in [1.29, 1.82) is 0 Å². The van der Waals surface area contributed by atoms with E-state index in [4.69, 9.17) is 5.11 Å². The maximum absolute atomic E-state index is 11.9. The molecule has 2 aliphatic carbocycles. The second-order valence-corrected chi connectivity index (χ2v) is 6.89. The van der Waals surface area contributed by atoms with Crippen molar-refractivity contribution in [1.82, 2.24) is 5.32 Å². The number of carboxylic acids is 1. The van der Waals surface area contributed by atoms with E-state index in [1.54, 1.807) is 6.07 Å². The third-order valence-electron chi connectivity index (χ3n) is 4.34. The molecule has 0 spiro atoms. The number of nitrogens with one attached hydrogen (secondary N) is 2. The number of rotatable bonds is 5. The minimum absolute atomic E-state index is 0.135. The molecule has 0 unspecified atom stereocenters. The summed E-state index contributed by atoms with van der Waals surface area (Å²) in [6.45, 7) is 0.712. The summed E-state index contributed by atoms with van der Waals surface area (Å²) in [5.41, 5.74) is 0.952. The molecule has 3 N–H and O–H groups in total. The van der Waals surface area contributed by atoms with Crippen molar-refractivity contribution in [2.24, 2.45) is 11.3 Å². The molecule has 0 atom stereocenters. The van der Waals surface area contributed by atoms with Crippen molar-refractivity contribution in [2.45, 2.75) is 25.7 Å². The topological polar surface area (TPSA) is 78.4 Å². The predicted octanol–water partition coefficient (Wildman–Crippen LogP) is 3.46. The highest BCUT2D eigenvalue weighted by molar-refractivity contribution is 9.10. The number of amides is 2. The van der Waals surface area contributed by atoms with Crippen LogP contribution in [0.3, 0.4) is 0 Å². The Balaban J connectivity index is 1.58. The number of carbonyl (C=O) groups is 2. The summed E-state index contributed by atoms with van der Waals surface area (Å²) in [5.74, 6) is -0.229. The average molecular weight is 353 g/mol. The Hall–Kier alpha value is -1.56. The van der Waals surface area contributed by atoms with Crippen LogP contribution in [0.1, 0.15) is 36.0 Å². The monoisotopic (exact) mass is 352 g/mol. The Kier molecular flexibility index (Phi) is 3.65. The van der Waals surface area contributed by atoms with Crippen LogP contribution < -0.4 is 10.6 Å². The van der Waals surface area contributed by atoms with Gasteiger partial charge in [0.25, 0.3) is 0 Å². The molecule has 1 aromatic rings. The van der Waals surface area contributed by atoms with E-state index in [1.807, 2.05) is 0 Å². The third-order valence-corrected chi connectivity index (χ3v) is 4.80. The maximum Gasteiger partial charge on any atom is 0.335 e. The van der Waals surface area contributed by atoms with Gasteiger partial charge in [0.2, 0.25) is 0 Å². The van der Waals surface area contributed by atoms with Crippen molar-refractivity contribution >= 4 is 33.6 Å². The molecule has 5 nitrogen and oxygen atoms in total. The van der Waals surface area contributed by atoms with Crippen molar-refractivity contribution in [3.8, 4) is 0 Å². The molecule has 3 rings (SSSR count). The summed E-state index contributed by atoms with van der Waals surface area (Å²) in [4.78, 5) is 22.9. The lowest BCUT2D eigenvalue weighted by Crippen LogP contribution is -2.34. The second-order valence-electron chi connectivity index (χ2n) is 5.98. The molecule has 6 heteroatoms. The van der Waals surface area contributed by atoms with E-state index in [0.29, 0.717) is 22.1 Å². The molecule has 1 aromatic carbocycles. The zero-order valence-corrected chi connectivity index (χ0v) is 13.1. The summed E-state index contributed by atoms with van der Waals surface area (Å²) in [6.07, 6.45) is 4.99. The van der Waals surface area contributed by atoms with Crippen molar-refractivity contribution in [2.75, 3.05) is 11.9 Å². The maximum atomic E-state index is 11.9. The van der Waals surface area contributed by atoms with Crippen molar-refractivity contribution in [3.05, 3.63) is 28.2 Å². The summed E-state index contributed by atoms with van der Waals surface area (Å²) >= 11 is 3.24. The Morgan fingerprint density at radius 2 is 2.00 bits per heavy atom. The van der Waals surface area contributed by atoms with Gasteiger partial charge in [0.1, 0.15) is 0 Å². The van der Waals surface area contributed by atoms with Crippen LogP contribution in [0.4, 0.5) is 10.5 Å². The van der Waals surface area contributed by atoms with Crippen molar-refractivity contribution in [3.63, 3.8) is 0 Å². The SMILES string of the molecule is O=C(NCC1(C2CC2)CC1)Nc1cc(Br)cc(C(=O)O)c1. The van der Waals surface area contributed by atoms with E-state index in [-0.39, 0.29) is 11.6 Å². The molecule has 0 saturated heterocycles. The number of aromatic carboxylic acids is 1. The van der Waals surface area contributed by atoms with Crippen LogP contribution in [-0.4, -0.2) is 23.7 Å². The van der Waals surface area contributed by atoms with Crippen LogP contribution in [0.5, 0.6) is 0 Å². The Morgan fingerprint density at radius 3 is 2.57 bits per heavy atom. The van der Waals surface area contributed by atoms with Gasteiger partial charge < -0.3 is 15.7 Å². The van der Waals surface area contributed by atoms with Gasteiger partial charge in [-0.3, -0.25) is 0 Å². The lowest BCUT2D eigenvalue weighted by atomic mass is 10.0. The highest BCUT2D eigenvalue weighted by Crippen LogP contribution is 2.60. The van der Waals surface area contributed by atoms with Crippen LogP contribution in [0.25, 0.3) is 0 Å². The highest BCUT2D eigenvalue weighted by Gasteiger charge is 2.53. The van der Waals surface area contributed by atoms with Gasteiger partial charge in [-0.1, -0.05) is 15.9 Å². The number of benzene rings is 1. The molecule has 2 aliphatic rings. The van der Waals surface area contributed by atoms with E-state index < -0.39 is 5.97 Å². The van der Waals surface area contributed by atoms with Gasteiger partial charge in [-0.25, -0.2) is 9.59 Å². The van der Waals surface area contributed by atoms with E-state index >= 15 is 0 Å². The molecule has 0 heterocycles. The Morgan fingerprint density at radius 1 is 1.29 bits per heavy atom. The van der Waals surface area contributed by atoms with Crippen LogP contribution in [0.2, 0.25) is 0 Å². The minimum Gasteiger partial charge on any atom is -0.478 e. The molecule has 112 valence electrons. The number of hydrogen-bond acceptors (Lipinski definition) is 2. The third kappa shape index (κ3) is 3.37. The Bertz CT molecular complexity index is 595. The van der Waals surface area contributed by atoms with Crippen LogP contribution >= 0.6 is 15.9 Å². The number of halogens is 1. The first-order valence-corrected chi connectivity index (χ1v) is 7.87. The quantitative estimate of drug-likeness (QED) is 0.759. The zero-order chi connectivity index (χ0) is 15.0. The van der Waals surface area contributed by atoms with Crippen LogP contribution in [-0.2, 0) is 0 Å². The average Bonchev–Trinajstić information content (AvgIpc) is 3.27. The molecule has 2 fully saturated rings. The smallest absolute Gasteiger partial charge is 0.335 e. The van der Waals surface area contributed by atoms with Gasteiger partial charge >= 0.3 is 12.0 Å². The highest BCUT2D eigenvalue weighted by atomic mass is 79.9. The predicted molar refractivity (Wildman–Crippen MR) is 82.5 cm³/mol. The van der Waals surface area contributed by atoms with Gasteiger partial charge in [0.15, 0.2) is 0 Å². The molecule has 0 bridgehead atoms. The molecule has 0 aliphatic heterocycles. The molecular formula is C15H17BrN2O3. The summed E-state index contributed by atoms with van der Waals surface area (Å²) in [5, 5.41) is 14.6. The molecule has 2 amide bonds.